The molecule has 3 heteroatoms. The van der Waals surface area contributed by atoms with Crippen LogP contribution in [0.4, 0.5) is 5.69 Å². The summed E-state index contributed by atoms with van der Waals surface area (Å²) in [5, 5.41) is 4.80. The number of halogens is 2. The van der Waals surface area contributed by atoms with Crippen LogP contribution in [0.1, 0.15) is 24.1 Å². The maximum atomic E-state index is 6.21. The predicted molar refractivity (Wildman–Crippen MR) is 79.7 cm³/mol. The van der Waals surface area contributed by atoms with Gasteiger partial charge < -0.3 is 5.32 Å². The van der Waals surface area contributed by atoms with E-state index in [1.54, 1.807) is 0 Å². The monoisotopic (exact) mass is 279 g/mol. The molecule has 0 aliphatic carbocycles. The SMILES string of the molecule is Cc1cc(Cl)c(NC(C)c2ccccc2)cc1Cl. The highest BCUT2D eigenvalue weighted by Gasteiger charge is 2.09. The zero-order chi connectivity index (χ0) is 13.1. The first-order valence-corrected chi connectivity index (χ1v) is 6.60. The molecule has 2 aromatic carbocycles. The van der Waals surface area contributed by atoms with Crippen LogP contribution in [0.15, 0.2) is 42.5 Å². The molecular formula is C15H15Cl2N. The van der Waals surface area contributed by atoms with Crippen LogP contribution in [-0.2, 0) is 0 Å². The van der Waals surface area contributed by atoms with Crippen LogP contribution >= 0.6 is 23.2 Å². The number of rotatable bonds is 3. The first kappa shape index (κ1) is 13.3. The van der Waals surface area contributed by atoms with E-state index in [1.165, 1.54) is 5.56 Å². The maximum absolute atomic E-state index is 6.21. The Morgan fingerprint density at radius 2 is 1.67 bits per heavy atom. The van der Waals surface area contributed by atoms with Gasteiger partial charge in [0.05, 0.1) is 10.7 Å². The van der Waals surface area contributed by atoms with Crippen molar-refractivity contribution in [3.63, 3.8) is 0 Å². The highest BCUT2D eigenvalue weighted by molar-refractivity contribution is 6.35. The third-order valence-electron chi connectivity index (χ3n) is 2.92. The van der Waals surface area contributed by atoms with Gasteiger partial charge in [-0.3, -0.25) is 0 Å². The minimum atomic E-state index is 0.183. The van der Waals surface area contributed by atoms with Crippen LogP contribution in [0.3, 0.4) is 0 Å². The van der Waals surface area contributed by atoms with Gasteiger partial charge in [0.15, 0.2) is 0 Å². The highest BCUT2D eigenvalue weighted by Crippen LogP contribution is 2.31. The van der Waals surface area contributed by atoms with Crippen molar-refractivity contribution in [2.75, 3.05) is 5.32 Å². The largest absolute Gasteiger partial charge is 0.377 e. The van der Waals surface area contributed by atoms with Crippen LogP contribution in [0.5, 0.6) is 0 Å². The van der Waals surface area contributed by atoms with Crippen molar-refractivity contribution in [3.05, 3.63) is 63.6 Å². The van der Waals surface area contributed by atoms with E-state index >= 15 is 0 Å². The molecule has 0 aliphatic rings. The molecule has 94 valence electrons. The summed E-state index contributed by atoms with van der Waals surface area (Å²) in [5.41, 5.74) is 3.06. The molecule has 18 heavy (non-hydrogen) atoms. The number of aryl methyl sites for hydroxylation is 1. The number of nitrogens with one attached hydrogen (secondary N) is 1. The summed E-state index contributed by atoms with van der Waals surface area (Å²) < 4.78 is 0. The van der Waals surface area contributed by atoms with E-state index in [0.29, 0.717) is 5.02 Å². The van der Waals surface area contributed by atoms with Crippen molar-refractivity contribution in [1.82, 2.24) is 0 Å². The van der Waals surface area contributed by atoms with Crippen molar-refractivity contribution in [1.29, 1.82) is 0 Å². The summed E-state index contributed by atoms with van der Waals surface area (Å²) in [4.78, 5) is 0. The average molecular weight is 280 g/mol. The summed E-state index contributed by atoms with van der Waals surface area (Å²) in [7, 11) is 0. The smallest absolute Gasteiger partial charge is 0.0641 e. The standard InChI is InChI=1S/C15H15Cl2N/c1-10-8-14(17)15(9-13(10)16)18-11(2)12-6-4-3-5-7-12/h3-9,11,18H,1-2H3. The van der Waals surface area contributed by atoms with Gasteiger partial charge in [-0.1, -0.05) is 53.5 Å². The fourth-order valence-electron chi connectivity index (χ4n) is 1.82. The van der Waals surface area contributed by atoms with Crippen molar-refractivity contribution < 1.29 is 0 Å². The number of anilines is 1. The van der Waals surface area contributed by atoms with Crippen LogP contribution < -0.4 is 5.32 Å². The van der Waals surface area contributed by atoms with E-state index in [0.717, 1.165) is 16.3 Å². The molecule has 0 aromatic heterocycles. The van der Waals surface area contributed by atoms with Crippen LogP contribution in [0.2, 0.25) is 10.0 Å². The van der Waals surface area contributed by atoms with Gasteiger partial charge in [-0.2, -0.15) is 0 Å². The third kappa shape index (κ3) is 2.98. The summed E-state index contributed by atoms with van der Waals surface area (Å²) in [6.07, 6.45) is 0. The Morgan fingerprint density at radius 3 is 2.33 bits per heavy atom. The molecule has 1 unspecified atom stereocenters. The Labute approximate surface area is 118 Å². The molecule has 2 aromatic rings. The van der Waals surface area contributed by atoms with Gasteiger partial charge in [0.2, 0.25) is 0 Å². The molecule has 0 bridgehead atoms. The van der Waals surface area contributed by atoms with Crippen molar-refractivity contribution in [2.24, 2.45) is 0 Å². The number of hydrogen-bond acceptors (Lipinski definition) is 1. The van der Waals surface area contributed by atoms with Crippen molar-refractivity contribution >= 4 is 28.9 Å². The lowest BCUT2D eigenvalue weighted by Crippen LogP contribution is -2.06. The Kier molecular flexibility index (Phi) is 4.15. The van der Waals surface area contributed by atoms with E-state index in [2.05, 4.69) is 24.4 Å². The molecular weight excluding hydrogens is 265 g/mol. The zero-order valence-electron chi connectivity index (χ0n) is 10.4. The van der Waals surface area contributed by atoms with Gasteiger partial charge in [-0.25, -0.2) is 0 Å². The molecule has 0 fully saturated rings. The first-order chi connectivity index (χ1) is 8.58. The van der Waals surface area contributed by atoms with Gasteiger partial charge in [0, 0.05) is 11.1 Å². The zero-order valence-corrected chi connectivity index (χ0v) is 11.9. The molecule has 1 atom stereocenters. The van der Waals surface area contributed by atoms with E-state index in [1.807, 2.05) is 37.3 Å². The lowest BCUT2D eigenvalue weighted by molar-refractivity contribution is 0.885. The summed E-state index contributed by atoms with van der Waals surface area (Å²) in [6, 6.07) is 14.2. The summed E-state index contributed by atoms with van der Waals surface area (Å²) in [5.74, 6) is 0. The molecule has 0 saturated carbocycles. The molecule has 0 radical (unpaired) electrons. The second kappa shape index (κ2) is 5.64. The Bertz CT molecular complexity index is 538. The Hall–Kier alpha value is -1.18. The van der Waals surface area contributed by atoms with E-state index in [4.69, 9.17) is 23.2 Å². The fourth-order valence-corrected chi connectivity index (χ4v) is 2.25. The van der Waals surface area contributed by atoms with Crippen LogP contribution in [-0.4, -0.2) is 0 Å². The summed E-state index contributed by atoms with van der Waals surface area (Å²) >= 11 is 12.3. The second-order valence-electron chi connectivity index (χ2n) is 4.36. The Balaban J connectivity index is 2.22. The van der Waals surface area contributed by atoms with Gasteiger partial charge in [-0.15, -0.1) is 0 Å². The maximum Gasteiger partial charge on any atom is 0.0641 e. The van der Waals surface area contributed by atoms with Crippen molar-refractivity contribution in [3.8, 4) is 0 Å². The van der Waals surface area contributed by atoms with Crippen LogP contribution in [0, 0.1) is 6.92 Å². The lowest BCUT2D eigenvalue weighted by Gasteiger charge is -2.17. The molecule has 2 rings (SSSR count). The third-order valence-corrected chi connectivity index (χ3v) is 3.64. The van der Waals surface area contributed by atoms with Crippen molar-refractivity contribution in [2.45, 2.75) is 19.9 Å². The molecule has 1 N–H and O–H groups in total. The molecule has 0 amide bonds. The molecule has 0 saturated heterocycles. The van der Waals surface area contributed by atoms with E-state index in [-0.39, 0.29) is 6.04 Å². The average Bonchev–Trinajstić information content (AvgIpc) is 2.37. The molecule has 0 spiro atoms. The van der Waals surface area contributed by atoms with Gasteiger partial charge in [0.25, 0.3) is 0 Å². The van der Waals surface area contributed by atoms with Gasteiger partial charge >= 0.3 is 0 Å². The summed E-state index contributed by atoms with van der Waals surface area (Å²) in [6.45, 7) is 4.04. The highest BCUT2D eigenvalue weighted by atomic mass is 35.5. The predicted octanol–water partition coefficient (Wildman–Crippen LogP) is 5.47. The lowest BCUT2D eigenvalue weighted by atomic mass is 10.1. The van der Waals surface area contributed by atoms with E-state index < -0.39 is 0 Å². The fraction of sp³-hybridized carbons (Fsp3) is 0.200. The molecule has 1 nitrogen and oxygen atoms in total. The normalized spacial score (nSPS) is 12.2. The topological polar surface area (TPSA) is 12.0 Å². The molecule has 0 heterocycles. The molecule has 0 aliphatic heterocycles. The minimum absolute atomic E-state index is 0.183. The van der Waals surface area contributed by atoms with Crippen LogP contribution in [0.25, 0.3) is 0 Å². The number of benzene rings is 2. The van der Waals surface area contributed by atoms with Gasteiger partial charge in [0.1, 0.15) is 0 Å². The Morgan fingerprint density at radius 1 is 1.00 bits per heavy atom. The second-order valence-corrected chi connectivity index (χ2v) is 5.17. The quantitative estimate of drug-likeness (QED) is 0.785. The number of hydrogen-bond donors (Lipinski definition) is 1. The first-order valence-electron chi connectivity index (χ1n) is 5.85. The van der Waals surface area contributed by atoms with E-state index in [9.17, 15) is 0 Å². The minimum Gasteiger partial charge on any atom is -0.377 e. The van der Waals surface area contributed by atoms with Gasteiger partial charge in [-0.05, 0) is 37.1 Å².